The van der Waals surface area contributed by atoms with Crippen LogP contribution in [0.15, 0.2) is 53.7 Å². The van der Waals surface area contributed by atoms with Gasteiger partial charge >= 0.3 is 0 Å². The third-order valence-corrected chi connectivity index (χ3v) is 5.45. The molecule has 2 aromatic heterocycles. The van der Waals surface area contributed by atoms with Crippen LogP contribution < -0.4 is 0 Å². The van der Waals surface area contributed by atoms with Crippen LogP contribution in [-0.4, -0.2) is 26.1 Å². The highest BCUT2D eigenvalue weighted by Crippen LogP contribution is 2.29. The number of thioether (sulfide) groups is 1. The average Bonchev–Trinajstić information content (AvgIpc) is 3.03. The highest BCUT2D eigenvalue weighted by molar-refractivity contribution is 7.99. The predicted molar refractivity (Wildman–Crippen MR) is 106 cm³/mol. The zero-order valence-electron chi connectivity index (χ0n) is 15.0. The van der Waals surface area contributed by atoms with Crippen LogP contribution in [0, 0.1) is 20.8 Å². The van der Waals surface area contributed by atoms with Crippen molar-refractivity contribution in [1.29, 1.82) is 0 Å². The summed E-state index contributed by atoms with van der Waals surface area (Å²) >= 11 is 1.43. The summed E-state index contributed by atoms with van der Waals surface area (Å²) in [4.78, 5) is 12.4. The van der Waals surface area contributed by atoms with Gasteiger partial charge in [0.25, 0.3) is 0 Å². The number of Topliss-reactive ketones (excluding diaryl/α,β-unsaturated/α-hetero) is 1. The third kappa shape index (κ3) is 2.88. The van der Waals surface area contributed by atoms with Crippen LogP contribution in [-0.2, 0) is 0 Å². The molecule has 0 fully saturated rings. The summed E-state index contributed by atoms with van der Waals surface area (Å²) in [7, 11) is 0. The smallest absolute Gasteiger partial charge is 0.196 e. The number of pyridine rings is 1. The Morgan fingerprint density at radius 2 is 1.77 bits per heavy atom. The molecule has 0 unspecified atom stereocenters. The molecule has 0 saturated carbocycles. The van der Waals surface area contributed by atoms with Crippen LogP contribution in [0.4, 0.5) is 0 Å². The molecule has 0 saturated heterocycles. The van der Waals surface area contributed by atoms with Gasteiger partial charge in [0.2, 0.25) is 0 Å². The average molecular weight is 361 g/mol. The molecule has 0 aliphatic carbocycles. The van der Waals surface area contributed by atoms with Crippen molar-refractivity contribution in [3.63, 3.8) is 0 Å². The molecule has 0 amide bonds. The van der Waals surface area contributed by atoms with Gasteiger partial charge in [0.05, 0.1) is 11.3 Å². The molecule has 2 heterocycles. The fraction of sp³-hybridized carbons (Fsp3) is 0.190. The van der Waals surface area contributed by atoms with Crippen molar-refractivity contribution in [2.24, 2.45) is 0 Å². The van der Waals surface area contributed by atoms with Gasteiger partial charge in [-0.05, 0) is 44.0 Å². The lowest BCUT2D eigenvalue weighted by Crippen LogP contribution is -2.03. The topological polar surface area (TPSA) is 47.3 Å². The van der Waals surface area contributed by atoms with Crippen molar-refractivity contribution in [1.82, 2.24) is 14.6 Å². The Morgan fingerprint density at radius 3 is 2.54 bits per heavy atom. The number of ketones is 1. The van der Waals surface area contributed by atoms with E-state index in [1.807, 2.05) is 30.3 Å². The minimum atomic E-state index is 0.0938. The SMILES string of the molecule is Cc1cc(C)c2c(c1)c(C)cc1nnc(SCC(=O)c3ccccc3)n12. The minimum absolute atomic E-state index is 0.0938. The van der Waals surface area contributed by atoms with Gasteiger partial charge in [0, 0.05) is 10.9 Å². The predicted octanol–water partition coefficient (Wildman–Crippen LogP) is 4.78. The van der Waals surface area contributed by atoms with Crippen LogP contribution >= 0.6 is 11.8 Å². The van der Waals surface area contributed by atoms with Gasteiger partial charge in [-0.2, -0.15) is 0 Å². The van der Waals surface area contributed by atoms with Gasteiger partial charge in [-0.25, -0.2) is 0 Å². The maximum Gasteiger partial charge on any atom is 0.196 e. The highest BCUT2D eigenvalue weighted by atomic mass is 32.2. The Morgan fingerprint density at radius 1 is 1.00 bits per heavy atom. The summed E-state index contributed by atoms with van der Waals surface area (Å²) in [5, 5.41) is 10.6. The van der Waals surface area contributed by atoms with Crippen molar-refractivity contribution in [2.75, 3.05) is 5.75 Å². The summed E-state index contributed by atoms with van der Waals surface area (Å²) in [5.41, 5.74) is 6.26. The molecule has 0 radical (unpaired) electrons. The Kier molecular flexibility index (Phi) is 4.24. The number of rotatable bonds is 4. The van der Waals surface area contributed by atoms with Gasteiger partial charge in [0.1, 0.15) is 0 Å². The molecule has 0 atom stereocenters. The number of aromatic nitrogens is 3. The number of aryl methyl sites for hydroxylation is 3. The first kappa shape index (κ1) is 16.8. The fourth-order valence-electron chi connectivity index (χ4n) is 3.34. The van der Waals surface area contributed by atoms with Crippen molar-refractivity contribution in [2.45, 2.75) is 25.9 Å². The zero-order valence-corrected chi connectivity index (χ0v) is 15.8. The van der Waals surface area contributed by atoms with Crippen molar-refractivity contribution < 1.29 is 4.79 Å². The van der Waals surface area contributed by atoms with E-state index in [0.29, 0.717) is 5.75 Å². The number of benzene rings is 2. The Balaban J connectivity index is 1.77. The van der Waals surface area contributed by atoms with Crippen molar-refractivity contribution in [3.8, 4) is 0 Å². The van der Waals surface area contributed by atoms with E-state index in [0.717, 1.165) is 21.9 Å². The number of fused-ring (bicyclic) bond motifs is 3. The lowest BCUT2D eigenvalue weighted by Gasteiger charge is -2.11. The van der Waals surface area contributed by atoms with Crippen molar-refractivity contribution in [3.05, 3.63) is 70.8 Å². The second-order valence-electron chi connectivity index (χ2n) is 6.56. The molecule has 2 aromatic carbocycles. The molecular formula is C21H19N3OS. The van der Waals surface area contributed by atoms with Gasteiger partial charge in [-0.3, -0.25) is 9.20 Å². The molecule has 0 spiro atoms. The van der Waals surface area contributed by atoms with E-state index in [1.54, 1.807) is 0 Å². The first-order valence-corrected chi connectivity index (χ1v) is 9.50. The summed E-state index contributed by atoms with van der Waals surface area (Å²) in [5.74, 6) is 0.432. The zero-order chi connectivity index (χ0) is 18.3. The van der Waals surface area contributed by atoms with Gasteiger partial charge in [-0.15, -0.1) is 10.2 Å². The van der Waals surface area contributed by atoms with Gasteiger partial charge in [-0.1, -0.05) is 53.7 Å². The number of carbonyl (C=O) groups is 1. The molecule has 0 aliphatic rings. The maximum atomic E-state index is 12.4. The largest absolute Gasteiger partial charge is 0.293 e. The van der Waals surface area contributed by atoms with Crippen molar-refractivity contribution >= 4 is 34.1 Å². The third-order valence-electron chi connectivity index (χ3n) is 4.53. The first-order valence-electron chi connectivity index (χ1n) is 8.51. The van der Waals surface area contributed by atoms with Crippen LogP contribution in [0.2, 0.25) is 0 Å². The van der Waals surface area contributed by atoms with Crippen LogP contribution in [0.5, 0.6) is 0 Å². The van der Waals surface area contributed by atoms with E-state index >= 15 is 0 Å². The molecule has 4 nitrogen and oxygen atoms in total. The van der Waals surface area contributed by atoms with Crippen LogP contribution in [0.1, 0.15) is 27.0 Å². The second kappa shape index (κ2) is 6.57. The molecule has 26 heavy (non-hydrogen) atoms. The van der Waals surface area contributed by atoms with E-state index < -0.39 is 0 Å². The van der Waals surface area contributed by atoms with E-state index in [4.69, 9.17) is 0 Å². The second-order valence-corrected chi connectivity index (χ2v) is 7.50. The van der Waals surface area contributed by atoms with Gasteiger partial charge in [0.15, 0.2) is 16.6 Å². The molecule has 0 N–H and O–H groups in total. The summed E-state index contributed by atoms with van der Waals surface area (Å²) < 4.78 is 2.07. The van der Waals surface area contributed by atoms with E-state index in [1.165, 1.54) is 33.8 Å². The molecule has 130 valence electrons. The minimum Gasteiger partial charge on any atom is -0.293 e. The lowest BCUT2D eigenvalue weighted by molar-refractivity contribution is 0.102. The van der Waals surface area contributed by atoms with E-state index in [9.17, 15) is 4.79 Å². The molecule has 0 bridgehead atoms. The first-order chi connectivity index (χ1) is 12.5. The Labute approximate surface area is 156 Å². The lowest BCUT2D eigenvalue weighted by atomic mass is 10.0. The fourth-order valence-corrected chi connectivity index (χ4v) is 4.18. The van der Waals surface area contributed by atoms with Gasteiger partial charge < -0.3 is 0 Å². The molecule has 0 aliphatic heterocycles. The quantitative estimate of drug-likeness (QED) is 0.387. The maximum absolute atomic E-state index is 12.4. The number of hydrogen-bond acceptors (Lipinski definition) is 4. The van der Waals surface area contributed by atoms with E-state index in [2.05, 4.69) is 53.6 Å². The monoisotopic (exact) mass is 361 g/mol. The Bertz CT molecular complexity index is 1130. The summed E-state index contributed by atoms with van der Waals surface area (Å²) in [6.07, 6.45) is 0. The number of carbonyl (C=O) groups excluding carboxylic acids is 1. The summed E-state index contributed by atoms with van der Waals surface area (Å²) in [6, 6.07) is 15.8. The molecule has 4 rings (SSSR count). The normalized spacial score (nSPS) is 11.3. The Hall–Kier alpha value is -2.66. The van der Waals surface area contributed by atoms with E-state index in [-0.39, 0.29) is 5.78 Å². The highest BCUT2D eigenvalue weighted by Gasteiger charge is 2.15. The standard InChI is InChI=1S/C21H19N3OS/c1-13-9-15(3)20-17(10-13)14(2)11-19-22-23-21(24(19)20)26-12-18(25)16-7-5-4-6-8-16/h4-11H,12H2,1-3H3. The van der Waals surface area contributed by atoms with Crippen LogP contribution in [0.25, 0.3) is 16.6 Å². The molecular weight excluding hydrogens is 342 g/mol. The van der Waals surface area contributed by atoms with Crippen LogP contribution in [0.3, 0.4) is 0 Å². The number of hydrogen-bond donors (Lipinski definition) is 0. The molecule has 5 heteroatoms. The summed E-state index contributed by atoms with van der Waals surface area (Å²) in [6.45, 7) is 6.32. The molecule has 4 aromatic rings. The number of nitrogens with zero attached hydrogens (tertiary/aromatic N) is 3.